The maximum absolute atomic E-state index is 15.2. The topological polar surface area (TPSA) is 225 Å². The fraction of sp³-hybridized carbons (Fsp3) is 0.484. The van der Waals surface area contributed by atoms with Crippen molar-refractivity contribution in [1.29, 1.82) is 0 Å². The Bertz CT molecular complexity index is 3130. The van der Waals surface area contributed by atoms with Crippen molar-refractivity contribution in [3.63, 3.8) is 0 Å². The molecule has 10 heterocycles. The van der Waals surface area contributed by atoms with E-state index in [1.807, 2.05) is 24.3 Å². The molecule has 0 saturated carbocycles. The second-order valence-corrected chi connectivity index (χ2v) is 23.7. The molecule has 6 amide bonds. The largest absolute Gasteiger partial charge is 0.489 e. The molecule has 84 heavy (non-hydrogen) atoms. The van der Waals surface area contributed by atoms with Gasteiger partial charge >= 0.3 is 0 Å². The van der Waals surface area contributed by atoms with Crippen LogP contribution in [0.4, 0.5) is 20.2 Å². The predicted molar refractivity (Wildman–Crippen MR) is 303 cm³/mol. The second kappa shape index (κ2) is 23.8. The number of hydrogen-bond acceptors (Lipinski definition) is 16. The Morgan fingerprint density at radius 1 is 0.536 bits per heavy atom. The molecule has 10 aliphatic heterocycles. The number of fused-ring (bicyclic) bond motifs is 4. The standard InChI is InChI=1S/2C31H34FN5O5/c2*32-25-12-18(11-20-14-33-29(35-28(20)25)19-6-9-41-10-7-19)15-36-8-5-23(17-36)42-22-1-2-24-21(13-22)16-37(31(24)40)26-3-4-27(38)34-30(26)39/h2*1-2,11-14,19,23,26,29,35H,3-10,15-17H2,(H,34,38,39)/t2*23-,26-,29+/m00/s1. The number of carbonyl (C=O) groups is 6. The van der Waals surface area contributed by atoms with Crippen molar-refractivity contribution < 1.29 is 56.5 Å². The number of nitrogens with zero attached hydrogens (tertiary/aromatic N) is 6. The van der Waals surface area contributed by atoms with Gasteiger partial charge in [0, 0.05) is 138 Å². The first-order valence-corrected chi connectivity index (χ1v) is 29.6. The van der Waals surface area contributed by atoms with Gasteiger partial charge in [0.05, 0.1) is 11.4 Å². The molecule has 0 spiro atoms. The first-order chi connectivity index (χ1) is 40.8. The van der Waals surface area contributed by atoms with Crippen LogP contribution in [0.25, 0.3) is 0 Å². The number of amides is 6. The summed E-state index contributed by atoms with van der Waals surface area (Å²) in [6, 6.07) is 16.8. The fourth-order valence-electron chi connectivity index (χ4n) is 13.5. The molecule has 0 bridgehead atoms. The first kappa shape index (κ1) is 55.5. The number of benzene rings is 4. The van der Waals surface area contributed by atoms with Gasteiger partial charge in [-0.25, -0.2) is 8.78 Å². The van der Waals surface area contributed by atoms with Crippen molar-refractivity contribution in [2.24, 2.45) is 21.8 Å². The van der Waals surface area contributed by atoms with Crippen LogP contribution in [0.3, 0.4) is 0 Å². The van der Waals surface area contributed by atoms with E-state index in [0.29, 0.717) is 97.9 Å². The lowest BCUT2D eigenvalue weighted by Crippen LogP contribution is -2.52. The molecule has 4 N–H and O–H groups in total. The maximum Gasteiger partial charge on any atom is 0.255 e. The van der Waals surface area contributed by atoms with Crippen LogP contribution < -0.4 is 30.7 Å². The molecule has 6 atom stereocenters. The highest BCUT2D eigenvalue weighted by Gasteiger charge is 2.42. The third kappa shape index (κ3) is 11.8. The zero-order valence-electron chi connectivity index (χ0n) is 46.6. The summed E-state index contributed by atoms with van der Waals surface area (Å²) in [5.74, 6) is -0.296. The van der Waals surface area contributed by atoms with Gasteiger partial charge in [-0.2, -0.15) is 0 Å². The number of anilines is 2. The van der Waals surface area contributed by atoms with Crippen LogP contribution in [0, 0.1) is 23.5 Å². The normalized spacial score (nSPS) is 26.2. The smallest absolute Gasteiger partial charge is 0.255 e. The summed E-state index contributed by atoms with van der Waals surface area (Å²) in [5.41, 5.74) is 7.16. The molecule has 0 radical (unpaired) electrons. The number of carbonyl (C=O) groups excluding carboxylic acids is 6. The Kier molecular flexibility index (Phi) is 15.7. The minimum Gasteiger partial charge on any atom is -0.489 e. The molecular weight excluding hydrogens is 1080 g/mol. The predicted octanol–water partition coefficient (Wildman–Crippen LogP) is 5.67. The number of ether oxygens (including phenoxy) is 4. The molecule has 6 saturated heterocycles. The molecular formula is C62H68F2N10O10. The SMILES string of the molecule is O=C1CC[C@H](N2Cc3cc(O[C@H]4CCN(Cc5cc(F)c6c(c5)C=N[C@@H](C5CCOCC5)N6)C4)ccc3C2=O)C(=O)N1.O=C1CC[C@H](N2Cc3cc(O[C@H]4CCN(Cc5cc(F)c6c(c5)C=N[C@@H](C5CCOCC5)N6)C4)ccc3C2=O)C(=O)N1. The van der Waals surface area contributed by atoms with E-state index in [4.69, 9.17) is 18.9 Å². The van der Waals surface area contributed by atoms with Crippen molar-refractivity contribution in [3.8, 4) is 11.5 Å². The van der Waals surface area contributed by atoms with Crippen molar-refractivity contribution in [2.45, 2.75) is 127 Å². The minimum atomic E-state index is -0.640. The molecule has 10 aliphatic rings. The molecule has 22 heteroatoms. The van der Waals surface area contributed by atoms with Gasteiger partial charge in [-0.15, -0.1) is 0 Å². The minimum absolute atomic E-state index is 0.0303. The Morgan fingerprint density at radius 2 is 0.964 bits per heavy atom. The van der Waals surface area contributed by atoms with E-state index >= 15 is 8.78 Å². The zero-order chi connectivity index (χ0) is 57.6. The number of nitrogens with one attached hydrogen (secondary N) is 4. The van der Waals surface area contributed by atoms with Gasteiger partial charge < -0.3 is 39.4 Å². The summed E-state index contributed by atoms with van der Waals surface area (Å²) in [7, 11) is 0. The Balaban J connectivity index is 0.000000157. The highest BCUT2D eigenvalue weighted by atomic mass is 19.1. The van der Waals surface area contributed by atoms with Crippen molar-refractivity contribution >= 4 is 59.2 Å². The van der Waals surface area contributed by atoms with Crippen LogP contribution in [-0.4, -0.2) is 157 Å². The van der Waals surface area contributed by atoms with Crippen LogP contribution in [0.5, 0.6) is 11.5 Å². The van der Waals surface area contributed by atoms with E-state index in [9.17, 15) is 28.8 Å². The highest BCUT2D eigenvalue weighted by Crippen LogP contribution is 2.36. The van der Waals surface area contributed by atoms with E-state index in [2.05, 4.69) is 41.1 Å². The number of halogens is 2. The summed E-state index contributed by atoms with van der Waals surface area (Å²) in [6.07, 6.45) is 9.79. The van der Waals surface area contributed by atoms with E-state index in [1.165, 1.54) is 9.80 Å². The average molecular weight is 1150 g/mol. The Morgan fingerprint density at radius 3 is 1.38 bits per heavy atom. The average Bonchev–Trinajstić information content (AvgIpc) is 3.27. The summed E-state index contributed by atoms with van der Waals surface area (Å²) in [4.78, 5) is 90.6. The van der Waals surface area contributed by atoms with Crippen molar-refractivity contribution in [3.05, 3.63) is 117 Å². The number of imide groups is 2. The summed E-state index contributed by atoms with van der Waals surface area (Å²) in [6.45, 7) is 7.81. The van der Waals surface area contributed by atoms with Gasteiger partial charge in [-0.1, -0.05) is 0 Å². The number of piperidine rings is 2. The van der Waals surface area contributed by atoms with E-state index < -0.39 is 23.9 Å². The lowest BCUT2D eigenvalue weighted by atomic mass is 9.95. The van der Waals surface area contributed by atoms with Crippen LogP contribution in [-0.2, 0) is 54.8 Å². The second-order valence-electron chi connectivity index (χ2n) is 23.7. The first-order valence-electron chi connectivity index (χ1n) is 29.6. The molecule has 14 rings (SSSR count). The molecule has 0 aromatic heterocycles. The molecule has 4 aromatic rings. The molecule has 6 fully saturated rings. The van der Waals surface area contributed by atoms with E-state index in [1.54, 1.807) is 48.8 Å². The molecule has 0 aliphatic carbocycles. The van der Waals surface area contributed by atoms with Crippen molar-refractivity contribution in [2.75, 3.05) is 63.2 Å². The lowest BCUT2D eigenvalue weighted by molar-refractivity contribution is -0.138. The number of hydrogen-bond donors (Lipinski definition) is 4. The monoisotopic (exact) mass is 1150 g/mol. The third-order valence-corrected chi connectivity index (χ3v) is 18.0. The quantitative estimate of drug-likeness (QED) is 0.126. The molecule has 0 unspecified atom stereocenters. The van der Waals surface area contributed by atoms with Gasteiger partial charge in [0.15, 0.2) is 0 Å². The Labute approximate surface area is 484 Å². The lowest BCUT2D eigenvalue weighted by Gasteiger charge is -2.31. The molecule has 440 valence electrons. The van der Waals surface area contributed by atoms with Gasteiger partial charge in [-0.05, 0) is 134 Å². The van der Waals surface area contributed by atoms with Crippen LogP contribution in [0.2, 0.25) is 0 Å². The van der Waals surface area contributed by atoms with E-state index in [-0.39, 0.29) is 72.6 Å². The molecule has 20 nitrogen and oxygen atoms in total. The van der Waals surface area contributed by atoms with Gasteiger partial charge in [-0.3, -0.25) is 59.2 Å². The summed E-state index contributed by atoms with van der Waals surface area (Å²) in [5, 5.41) is 11.3. The number of rotatable bonds is 12. The summed E-state index contributed by atoms with van der Waals surface area (Å²) < 4.78 is 53.8. The van der Waals surface area contributed by atoms with Gasteiger partial charge in [0.1, 0.15) is 59.8 Å². The highest BCUT2D eigenvalue weighted by molar-refractivity contribution is 6.06. The van der Waals surface area contributed by atoms with E-state index in [0.717, 1.165) is 111 Å². The fourth-order valence-corrected chi connectivity index (χ4v) is 13.5. The van der Waals surface area contributed by atoms with Gasteiger partial charge in [0.25, 0.3) is 11.8 Å². The number of aliphatic imine (C=N–C) groups is 2. The van der Waals surface area contributed by atoms with Crippen molar-refractivity contribution in [1.82, 2.24) is 30.2 Å². The maximum atomic E-state index is 15.2. The molecule has 4 aromatic carbocycles. The Hall–Kier alpha value is -7.66. The summed E-state index contributed by atoms with van der Waals surface area (Å²) >= 11 is 0. The van der Waals surface area contributed by atoms with Crippen LogP contribution in [0.1, 0.15) is 118 Å². The van der Waals surface area contributed by atoms with Crippen LogP contribution in [0.15, 0.2) is 70.6 Å². The number of likely N-dealkylation sites (tertiary alicyclic amines) is 2. The zero-order valence-corrected chi connectivity index (χ0v) is 46.6. The van der Waals surface area contributed by atoms with Crippen LogP contribution >= 0.6 is 0 Å². The third-order valence-electron chi connectivity index (χ3n) is 18.0. The van der Waals surface area contributed by atoms with Gasteiger partial charge in [0.2, 0.25) is 23.6 Å².